The van der Waals surface area contributed by atoms with E-state index in [2.05, 4.69) is 10.2 Å². The summed E-state index contributed by atoms with van der Waals surface area (Å²) in [7, 11) is 0. The number of aliphatic carboxylic acids is 1. The summed E-state index contributed by atoms with van der Waals surface area (Å²) in [5, 5.41) is 43.0. The number of nitrogens with one attached hydrogen (secondary N) is 1. The molecular formula is C21H28N2O7. The second kappa shape index (κ2) is 7.65. The number of carbonyl (C=O) groups is 1. The molecule has 9 heteroatoms. The Labute approximate surface area is 174 Å². The lowest BCUT2D eigenvalue weighted by Crippen LogP contribution is -2.61. The smallest absolute Gasteiger partial charge is 0.335 e. The molecule has 1 aliphatic carbocycles. The van der Waals surface area contributed by atoms with Crippen LogP contribution in [-0.4, -0.2) is 76.7 Å². The number of aliphatic hydroxyl groups excluding tert-OH is 3. The molecule has 0 amide bonds. The van der Waals surface area contributed by atoms with Gasteiger partial charge < -0.3 is 40.1 Å². The number of ether oxygens (including phenoxy) is 2. The van der Waals surface area contributed by atoms with E-state index in [1.807, 2.05) is 12.1 Å². The molecule has 5 N–H and O–H groups in total. The Bertz CT molecular complexity index is 834. The van der Waals surface area contributed by atoms with E-state index in [9.17, 15) is 25.2 Å². The summed E-state index contributed by atoms with van der Waals surface area (Å²) in [4.78, 5) is 13.8. The van der Waals surface area contributed by atoms with Crippen LogP contribution in [-0.2, 0) is 16.1 Å². The van der Waals surface area contributed by atoms with Gasteiger partial charge in [0, 0.05) is 31.9 Å². The Morgan fingerprint density at radius 1 is 1.17 bits per heavy atom. The minimum atomic E-state index is -1.73. The molecule has 7 atom stereocenters. The van der Waals surface area contributed by atoms with Crippen molar-refractivity contribution in [1.82, 2.24) is 5.32 Å². The third-order valence-electron chi connectivity index (χ3n) is 6.96. The number of carboxylic acids is 1. The van der Waals surface area contributed by atoms with Crippen LogP contribution in [0.15, 0.2) is 12.1 Å². The second-order valence-electron chi connectivity index (χ2n) is 8.79. The normalized spacial score (nSPS) is 37.8. The van der Waals surface area contributed by atoms with Crippen molar-refractivity contribution in [2.75, 3.05) is 24.5 Å². The predicted octanol–water partition coefficient (Wildman–Crippen LogP) is -0.236. The fourth-order valence-electron chi connectivity index (χ4n) is 5.52. The fourth-order valence-corrected chi connectivity index (χ4v) is 5.52. The average Bonchev–Trinajstić information content (AvgIpc) is 3.10. The molecule has 1 aromatic rings. The van der Waals surface area contributed by atoms with E-state index in [4.69, 9.17) is 9.47 Å². The number of fused-ring (bicyclic) bond motifs is 2. The van der Waals surface area contributed by atoms with E-state index < -0.39 is 36.7 Å². The number of anilines is 1. The van der Waals surface area contributed by atoms with Crippen LogP contribution in [0.1, 0.15) is 36.3 Å². The Kier molecular flexibility index (Phi) is 5.11. The molecule has 164 valence electrons. The lowest BCUT2D eigenvalue weighted by Gasteiger charge is -2.40. The number of hydrogen-bond acceptors (Lipinski definition) is 8. The quantitative estimate of drug-likeness (QED) is 0.450. The van der Waals surface area contributed by atoms with Gasteiger partial charge in [0.15, 0.2) is 6.10 Å². The van der Waals surface area contributed by atoms with Gasteiger partial charge in [-0.15, -0.1) is 0 Å². The topological polar surface area (TPSA) is 132 Å². The molecule has 0 aromatic heterocycles. The molecular weight excluding hydrogens is 392 g/mol. The average molecular weight is 420 g/mol. The summed E-state index contributed by atoms with van der Waals surface area (Å²) < 4.78 is 11.2. The minimum Gasteiger partial charge on any atom is -0.479 e. The number of hydrogen-bond donors (Lipinski definition) is 5. The maximum Gasteiger partial charge on any atom is 0.335 e. The Morgan fingerprint density at radius 3 is 2.80 bits per heavy atom. The fraction of sp³-hybridized carbons (Fsp3) is 0.667. The first-order valence-corrected chi connectivity index (χ1v) is 10.7. The molecule has 1 aromatic carbocycles. The summed E-state index contributed by atoms with van der Waals surface area (Å²) in [5.41, 5.74) is 3.60. The van der Waals surface area contributed by atoms with Gasteiger partial charge in [0.05, 0.1) is 0 Å². The van der Waals surface area contributed by atoms with Crippen molar-refractivity contribution in [3.63, 3.8) is 0 Å². The first-order chi connectivity index (χ1) is 14.4. The van der Waals surface area contributed by atoms with Crippen molar-refractivity contribution in [3.8, 4) is 5.75 Å². The summed E-state index contributed by atoms with van der Waals surface area (Å²) in [6, 6.07) is 3.87. The standard InChI is InChI=1S/C21H28N2O7/c24-16-17(25)19(20(27)28)30-21(18(16)26)29-12-6-11-8-22-4-5-23-9-10-2-1-3-13(10)14(7-12)15(11)23/h6-7,10,13,16-19,21-22,24-26H,1-5,8-9H2,(H,27,28)/t10-,13-,16?,17?,18?,19?,21?/m0/s1. The van der Waals surface area contributed by atoms with Crippen LogP contribution in [0.5, 0.6) is 5.75 Å². The Balaban J connectivity index is 1.48. The molecule has 3 aliphatic heterocycles. The zero-order valence-corrected chi connectivity index (χ0v) is 16.6. The van der Waals surface area contributed by atoms with Crippen molar-refractivity contribution in [3.05, 3.63) is 23.3 Å². The molecule has 5 unspecified atom stereocenters. The van der Waals surface area contributed by atoms with E-state index in [0.717, 1.165) is 31.6 Å². The third-order valence-corrected chi connectivity index (χ3v) is 6.96. The van der Waals surface area contributed by atoms with Gasteiger partial charge in [0.1, 0.15) is 24.1 Å². The SMILES string of the molecule is O=C(O)C1OC(Oc2cc3c4c(c2)[C@H]2CCC[C@H]2CN4CCNC3)C(O)C(O)C1O. The van der Waals surface area contributed by atoms with E-state index >= 15 is 0 Å². The minimum absolute atomic E-state index is 0.466. The van der Waals surface area contributed by atoms with Crippen LogP contribution in [0.2, 0.25) is 0 Å². The highest BCUT2D eigenvalue weighted by molar-refractivity contribution is 5.73. The van der Waals surface area contributed by atoms with Crippen LogP contribution in [0.4, 0.5) is 5.69 Å². The molecule has 1 saturated carbocycles. The summed E-state index contributed by atoms with van der Waals surface area (Å²) in [5.74, 6) is 0.126. The van der Waals surface area contributed by atoms with E-state index in [1.54, 1.807) is 0 Å². The molecule has 9 nitrogen and oxygen atoms in total. The van der Waals surface area contributed by atoms with Crippen molar-refractivity contribution in [2.45, 2.75) is 62.4 Å². The molecule has 3 heterocycles. The van der Waals surface area contributed by atoms with Crippen LogP contribution < -0.4 is 15.0 Å². The maximum absolute atomic E-state index is 11.4. The zero-order valence-electron chi connectivity index (χ0n) is 16.6. The summed E-state index contributed by atoms with van der Waals surface area (Å²) >= 11 is 0. The van der Waals surface area contributed by atoms with Crippen molar-refractivity contribution in [1.29, 1.82) is 0 Å². The first-order valence-electron chi connectivity index (χ1n) is 10.7. The van der Waals surface area contributed by atoms with Gasteiger partial charge in [-0.2, -0.15) is 0 Å². The zero-order chi connectivity index (χ0) is 21.0. The van der Waals surface area contributed by atoms with Crippen LogP contribution >= 0.6 is 0 Å². The summed E-state index contributed by atoms with van der Waals surface area (Å²) in [6.07, 6.45) is -4.51. The van der Waals surface area contributed by atoms with Crippen molar-refractivity contribution >= 4 is 11.7 Å². The Morgan fingerprint density at radius 2 is 2.00 bits per heavy atom. The third kappa shape index (κ3) is 3.25. The molecule has 0 spiro atoms. The van der Waals surface area contributed by atoms with Crippen molar-refractivity contribution in [2.24, 2.45) is 5.92 Å². The number of aliphatic hydroxyl groups is 3. The summed E-state index contributed by atoms with van der Waals surface area (Å²) in [6.45, 7) is 3.62. The van der Waals surface area contributed by atoms with E-state index in [1.165, 1.54) is 24.1 Å². The van der Waals surface area contributed by atoms with Crippen LogP contribution in [0.25, 0.3) is 0 Å². The lowest BCUT2D eigenvalue weighted by atomic mass is 9.82. The van der Waals surface area contributed by atoms with Gasteiger partial charge in [-0.05, 0) is 47.9 Å². The predicted molar refractivity (Wildman–Crippen MR) is 105 cm³/mol. The first kappa shape index (κ1) is 20.0. The van der Waals surface area contributed by atoms with Gasteiger partial charge in [-0.1, -0.05) is 6.42 Å². The maximum atomic E-state index is 11.4. The molecule has 1 saturated heterocycles. The van der Waals surface area contributed by atoms with Crippen LogP contribution in [0, 0.1) is 5.92 Å². The van der Waals surface area contributed by atoms with Gasteiger partial charge in [0.25, 0.3) is 0 Å². The van der Waals surface area contributed by atoms with E-state index in [-0.39, 0.29) is 0 Å². The second-order valence-corrected chi connectivity index (χ2v) is 8.79. The molecule has 5 rings (SSSR count). The largest absolute Gasteiger partial charge is 0.479 e. The monoisotopic (exact) mass is 420 g/mol. The number of nitrogens with zero attached hydrogens (tertiary/aromatic N) is 1. The van der Waals surface area contributed by atoms with Gasteiger partial charge in [-0.25, -0.2) is 4.79 Å². The number of benzene rings is 1. The molecule has 0 bridgehead atoms. The van der Waals surface area contributed by atoms with Gasteiger partial charge in [0.2, 0.25) is 6.29 Å². The van der Waals surface area contributed by atoms with Gasteiger partial charge in [-0.3, -0.25) is 0 Å². The highest BCUT2D eigenvalue weighted by Gasteiger charge is 2.48. The highest BCUT2D eigenvalue weighted by atomic mass is 16.7. The lowest BCUT2D eigenvalue weighted by molar-refractivity contribution is -0.271. The molecule has 0 radical (unpaired) electrons. The number of carboxylic acid groups (broad SMARTS) is 1. The molecule has 4 aliphatic rings. The van der Waals surface area contributed by atoms with Crippen LogP contribution in [0.3, 0.4) is 0 Å². The molecule has 30 heavy (non-hydrogen) atoms. The number of rotatable bonds is 3. The van der Waals surface area contributed by atoms with Crippen molar-refractivity contribution < 1.29 is 34.7 Å². The van der Waals surface area contributed by atoms with Gasteiger partial charge >= 0.3 is 5.97 Å². The van der Waals surface area contributed by atoms with E-state index in [0.29, 0.717) is 24.1 Å². The highest BCUT2D eigenvalue weighted by Crippen LogP contribution is 2.50. The molecule has 2 fully saturated rings. The Hall–Kier alpha value is -1.91.